The van der Waals surface area contributed by atoms with Crippen molar-refractivity contribution in [1.29, 1.82) is 0 Å². The second-order valence-corrected chi connectivity index (χ2v) is 8.32. The molecule has 0 bridgehead atoms. The van der Waals surface area contributed by atoms with Crippen LogP contribution in [0.25, 0.3) is 0 Å². The summed E-state index contributed by atoms with van der Waals surface area (Å²) in [4.78, 5) is 16.7. The lowest BCUT2D eigenvalue weighted by Crippen LogP contribution is -2.15. The van der Waals surface area contributed by atoms with Gasteiger partial charge in [0, 0.05) is 22.8 Å². The van der Waals surface area contributed by atoms with Crippen molar-refractivity contribution in [2.24, 2.45) is 0 Å². The molecular formula is C15H15N3O3S2. The standard InChI is InChI=1S/C15H15N3O3S2/c1-10-8-15(19)17-12-9-11(5-6-13(12)22-10)23(20,21)18-14-4-2-3-7-16-14/h2-7,9-10H,8H2,1H3,(H,16,18)(H,17,19)/t10-/m1/s1. The highest BCUT2D eigenvalue weighted by Gasteiger charge is 2.22. The van der Waals surface area contributed by atoms with Gasteiger partial charge in [0.05, 0.1) is 10.6 Å². The molecule has 1 amide bonds. The maximum Gasteiger partial charge on any atom is 0.263 e. The number of hydrogen-bond acceptors (Lipinski definition) is 5. The van der Waals surface area contributed by atoms with Gasteiger partial charge in [-0.1, -0.05) is 13.0 Å². The molecule has 0 aliphatic carbocycles. The molecule has 1 aromatic heterocycles. The third kappa shape index (κ3) is 3.65. The lowest BCUT2D eigenvalue weighted by atomic mass is 10.3. The van der Waals surface area contributed by atoms with Gasteiger partial charge in [0.25, 0.3) is 10.0 Å². The van der Waals surface area contributed by atoms with Crippen molar-refractivity contribution in [3.63, 3.8) is 0 Å². The Morgan fingerprint density at radius 1 is 1.30 bits per heavy atom. The number of amides is 1. The van der Waals surface area contributed by atoms with Crippen molar-refractivity contribution in [2.75, 3.05) is 10.0 Å². The summed E-state index contributed by atoms with van der Waals surface area (Å²) < 4.78 is 27.3. The van der Waals surface area contributed by atoms with Crippen LogP contribution in [0.2, 0.25) is 0 Å². The molecule has 23 heavy (non-hydrogen) atoms. The van der Waals surface area contributed by atoms with E-state index in [1.54, 1.807) is 36.0 Å². The van der Waals surface area contributed by atoms with Crippen molar-refractivity contribution in [3.8, 4) is 0 Å². The van der Waals surface area contributed by atoms with E-state index >= 15 is 0 Å². The second-order valence-electron chi connectivity index (χ2n) is 5.16. The topological polar surface area (TPSA) is 88.2 Å². The van der Waals surface area contributed by atoms with Crippen LogP contribution in [-0.4, -0.2) is 24.6 Å². The lowest BCUT2D eigenvalue weighted by Gasteiger charge is -2.11. The quantitative estimate of drug-likeness (QED) is 0.889. The molecular weight excluding hydrogens is 334 g/mol. The zero-order valence-electron chi connectivity index (χ0n) is 12.3. The maximum absolute atomic E-state index is 12.4. The molecule has 6 nitrogen and oxygen atoms in total. The Morgan fingerprint density at radius 3 is 2.87 bits per heavy atom. The van der Waals surface area contributed by atoms with E-state index < -0.39 is 10.0 Å². The number of nitrogens with one attached hydrogen (secondary N) is 2. The fourth-order valence-electron chi connectivity index (χ4n) is 2.22. The predicted octanol–water partition coefficient (Wildman–Crippen LogP) is 2.71. The number of nitrogens with zero attached hydrogens (tertiary/aromatic N) is 1. The largest absolute Gasteiger partial charge is 0.325 e. The molecule has 1 aliphatic heterocycles. The lowest BCUT2D eigenvalue weighted by molar-refractivity contribution is -0.116. The highest BCUT2D eigenvalue weighted by atomic mass is 32.2. The van der Waals surface area contributed by atoms with Crippen LogP contribution in [0.5, 0.6) is 0 Å². The van der Waals surface area contributed by atoms with Crippen molar-refractivity contribution in [1.82, 2.24) is 4.98 Å². The van der Waals surface area contributed by atoms with Gasteiger partial charge >= 0.3 is 0 Å². The van der Waals surface area contributed by atoms with Gasteiger partial charge in [-0.2, -0.15) is 0 Å². The van der Waals surface area contributed by atoms with Gasteiger partial charge in [0.1, 0.15) is 5.82 Å². The van der Waals surface area contributed by atoms with Crippen molar-refractivity contribution in [3.05, 3.63) is 42.6 Å². The monoisotopic (exact) mass is 349 g/mol. The molecule has 2 N–H and O–H groups in total. The van der Waals surface area contributed by atoms with E-state index in [-0.39, 0.29) is 21.9 Å². The van der Waals surface area contributed by atoms with Crippen molar-refractivity contribution >= 4 is 39.2 Å². The van der Waals surface area contributed by atoms with Gasteiger partial charge in [-0.15, -0.1) is 11.8 Å². The Labute approximate surface area is 138 Å². The molecule has 0 unspecified atom stereocenters. The molecule has 0 spiro atoms. The zero-order chi connectivity index (χ0) is 16.4. The van der Waals surface area contributed by atoms with Crippen LogP contribution in [-0.2, 0) is 14.8 Å². The minimum atomic E-state index is -3.76. The first-order chi connectivity index (χ1) is 10.9. The van der Waals surface area contributed by atoms with Crippen LogP contribution in [0.4, 0.5) is 11.5 Å². The summed E-state index contributed by atoms with van der Waals surface area (Å²) in [7, 11) is -3.76. The highest BCUT2D eigenvalue weighted by molar-refractivity contribution is 8.00. The number of carbonyl (C=O) groups is 1. The average molecular weight is 349 g/mol. The van der Waals surface area contributed by atoms with E-state index in [0.29, 0.717) is 12.1 Å². The minimum Gasteiger partial charge on any atom is -0.325 e. The Morgan fingerprint density at radius 2 is 2.13 bits per heavy atom. The SMILES string of the molecule is C[C@@H]1CC(=O)Nc2cc(S(=O)(=O)Nc3ccccn3)ccc2S1. The summed E-state index contributed by atoms with van der Waals surface area (Å²) in [6.45, 7) is 1.96. The molecule has 120 valence electrons. The number of rotatable bonds is 3. The molecule has 8 heteroatoms. The summed E-state index contributed by atoms with van der Waals surface area (Å²) >= 11 is 1.55. The fraction of sp³-hybridized carbons (Fsp3) is 0.200. The molecule has 2 aromatic rings. The molecule has 0 radical (unpaired) electrons. The number of benzene rings is 1. The summed E-state index contributed by atoms with van der Waals surface area (Å²) in [6, 6.07) is 9.69. The number of hydrogen-bond donors (Lipinski definition) is 2. The summed E-state index contributed by atoms with van der Waals surface area (Å²) in [5.74, 6) is 0.130. The van der Waals surface area contributed by atoms with E-state index in [0.717, 1.165) is 4.90 Å². The minimum absolute atomic E-state index is 0.0809. The van der Waals surface area contributed by atoms with Crippen LogP contribution < -0.4 is 10.0 Å². The van der Waals surface area contributed by atoms with E-state index in [9.17, 15) is 13.2 Å². The number of aromatic nitrogens is 1. The molecule has 0 saturated carbocycles. The number of sulfonamides is 1. The van der Waals surface area contributed by atoms with Gasteiger partial charge in [0.15, 0.2) is 0 Å². The predicted molar refractivity (Wildman–Crippen MR) is 90.1 cm³/mol. The first kappa shape index (κ1) is 15.8. The molecule has 3 rings (SSSR count). The number of carbonyl (C=O) groups excluding carboxylic acids is 1. The third-order valence-corrected chi connectivity index (χ3v) is 5.77. The van der Waals surface area contributed by atoms with Crippen LogP contribution in [0.15, 0.2) is 52.4 Å². The van der Waals surface area contributed by atoms with Crippen molar-refractivity contribution in [2.45, 2.75) is 28.4 Å². The van der Waals surface area contributed by atoms with Gasteiger partial charge in [-0.3, -0.25) is 9.52 Å². The van der Waals surface area contributed by atoms with E-state index in [1.165, 1.54) is 18.3 Å². The molecule has 1 aromatic carbocycles. The summed E-state index contributed by atoms with van der Waals surface area (Å²) in [5.41, 5.74) is 0.522. The Balaban J connectivity index is 1.93. The summed E-state index contributed by atoms with van der Waals surface area (Å²) in [6.07, 6.45) is 1.90. The van der Waals surface area contributed by atoms with Crippen molar-refractivity contribution < 1.29 is 13.2 Å². The van der Waals surface area contributed by atoms with Crippen LogP contribution >= 0.6 is 11.8 Å². The molecule has 2 heterocycles. The Bertz CT molecular complexity index is 838. The average Bonchev–Trinajstić information content (AvgIpc) is 2.63. The van der Waals surface area contributed by atoms with E-state index in [1.807, 2.05) is 6.92 Å². The smallest absolute Gasteiger partial charge is 0.263 e. The summed E-state index contributed by atoms with van der Waals surface area (Å²) in [5, 5.41) is 2.91. The normalized spacial score (nSPS) is 17.8. The number of anilines is 2. The number of pyridine rings is 1. The van der Waals surface area contributed by atoms with Crippen LogP contribution in [0.1, 0.15) is 13.3 Å². The molecule has 1 aliphatic rings. The second kappa shape index (κ2) is 6.21. The van der Waals surface area contributed by atoms with Gasteiger partial charge in [0.2, 0.25) is 5.91 Å². The first-order valence-corrected chi connectivity index (χ1v) is 9.35. The van der Waals surface area contributed by atoms with E-state index in [2.05, 4.69) is 15.0 Å². The Kier molecular flexibility index (Phi) is 4.27. The fourth-order valence-corrected chi connectivity index (χ4v) is 4.30. The van der Waals surface area contributed by atoms with E-state index in [4.69, 9.17) is 0 Å². The first-order valence-electron chi connectivity index (χ1n) is 6.98. The number of thioether (sulfide) groups is 1. The molecule has 0 fully saturated rings. The number of fused-ring (bicyclic) bond motifs is 1. The Hall–Kier alpha value is -2.06. The third-order valence-electron chi connectivity index (χ3n) is 3.24. The molecule has 0 saturated heterocycles. The van der Waals surface area contributed by atoms with Gasteiger partial charge in [-0.05, 0) is 30.3 Å². The van der Waals surface area contributed by atoms with Gasteiger partial charge in [-0.25, -0.2) is 13.4 Å². The van der Waals surface area contributed by atoms with Crippen LogP contribution in [0, 0.1) is 0 Å². The maximum atomic E-state index is 12.4. The van der Waals surface area contributed by atoms with Gasteiger partial charge < -0.3 is 5.32 Å². The van der Waals surface area contributed by atoms with Crippen LogP contribution in [0.3, 0.4) is 0 Å². The highest BCUT2D eigenvalue weighted by Crippen LogP contribution is 2.36. The zero-order valence-corrected chi connectivity index (χ0v) is 13.9. The molecule has 1 atom stereocenters.